The molecule has 0 saturated heterocycles. The molecule has 2 heterocycles. The van der Waals surface area contributed by atoms with Crippen molar-refractivity contribution in [3.63, 3.8) is 0 Å². The van der Waals surface area contributed by atoms with Crippen LogP contribution in [0.4, 0.5) is 0 Å². The Labute approximate surface area is 133 Å². The lowest BCUT2D eigenvalue weighted by molar-refractivity contribution is -0.120. The summed E-state index contributed by atoms with van der Waals surface area (Å²) in [6.07, 6.45) is 3.24. The van der Waals surface area contributed by atoms with Gasteiger partial charge in [-0.1, -0.05) is 18.2 Å². The lowest BCUT2D eigenvalue weighted by atomic mass is 10.1. The first-order chi connectivity index (χ1) is 10.6. The highest BCUT2D eigenvalue weighted by molar-refractivity contribution is 7.09. The second-order valence-electron chi connectivity index (χ2n) is 5.44. The number of nitrogens with zero attached hydrogens (tertiary/aromatic N) is 2. The molecule has 0 aliphatic heterocycles. The summed E-state index contributed by atoms with van der Waals surface area (Å²) in [5, 5.41) is 7.24. The first-order valence-corrected chi connectivity index (χ1v) is 8.22. The zero-order valence-electron chi connectivity index (χ0n) is 12.8. The molecule has 0 aliphatic carbocycles. The van der Waals surface area contributed by atoms with Crippen molar-refractivity contribution in [2.45, 2.75) is 19.8 Å². The molecular formula is C17H19N3OS. The SMILES string of the molecule is Cc1csc(CCNC(=O)Cc2cn(C)c3ccccc23)n1. The fraction of sp³-hybridized carbons (Fsp3) is 0.294. The molecule has 3 aromatic rings. The lowest BCUT2D eigenvalue weighted by Gasteiger charge is -2.03. The normalized spacial score (nSPS) is 11.0. The van der Waals surface area contributed by atoms with Crippen LogP contribution >= 0.6 is 11.3 Å². The summed E-state index contributed by atoms with van der Waals surface area (Å²) in [5.41, 5.74) is 3.27. The number of para-hydroxylation sites is 1. The van der Waals surface area contributed by atoms with Gasteiger partial charge in [-0.15, -0.1) is 11.3 Å². The van der Waals surface area contributed by atoms with Crippen LogP contribution in [0, 0.1) is 6.92 Å². The van der Waals surface area contributed by atoms with E-state index in [1.165, 1.54) is 0 Å². The smallest absolute Gasteiger partial charge is 0.224 e. The van der Waals surface area contributed by atoms with Crippen LogP contribution in [-0.4, -0.2) is 22.0 Å². The van der Waals surface area contributed by atoms with Crippen LogP contribution in [-0.2, 0) is 24.7 Å². The van der Waals surface area contributed by atoms with Crippen LogP contribution in [0.2, 0.25) is 0 Å². The van der Waals surface area contributed by atoms with Crippen molar-refractivity contribution in [2.75, 3.05) is 6.54 Å². The molecule has 0 aliphatic rings. The van der Waals surface area contributed by atoms with Crippen LogP contribution in [0.1, 0.15) is 16.3 Å². The molecule has 0 unspecified atom stereocenters. The molecule has 22 heavy (non-hydrogen) atoms. The molecule has 0 radical (unpaired) electrons. The van der Waals surface area contributed by atoms with Gasteiger partial charge in [0.15, 0.2) is 0 Å². The molecule has 5 heteroatoms. The van der Waals surface area contributed by atoms with Gasteiger partial charge in [-0.3, -0.25) is 4.79 Å². The summed E-state index contributed by atoms with van der Waals surface area (Å²) in [4.78, 5) is 16.5. The number of fused-ring (bicyclic) bond motifs is 1. The molecule has 0 bridgehead atoms. The Bertz CT molecular complexity index is 803. The van der Waals surface area contributed by atoms with E-state index in [1.807, 2.05) is 37.7 Å². The maximum atomic E-state index is 12.1. The third kappa shape index (κ3) is 3.20. The zero-order chi connectivity index (χ0) is 15.5. The van der Waals surface area contributed by atoms with Gasteiger partial charge in [-0.25, -0.2) is 4.98 Å². The summed E-state index contributed by atoms with van der Waals surface area (Å²) in [6, 6.07) is 8.16. The third-order valence-corrected chi connectivity index (χ3v) is 4.68. The van der Waals surface area contributed by atoms with E-state index in [4.69, 9.17) is 0 Å². The highest BCUT2D eigenvalue weighted by Crippen LogP contribution is 2.20. The monoisotopic (exact) mass is 313 g/mol. The van der Waals surface area contributed by atoms with Gasteiger partial charge in [-0.2, -0.15) is 0 Å². The Hall–Kier alpha value is -2.14. The standard InChI is InChI=1S/C17H19N3OS/c1-12-11-22-17(19-12)7-8-18-16(21)9-13-10-20(2)15-6-4-3-5-14(13)15/h3-6,10-11H,7-9H2,1-2H3,(H,18,21). The van der Waals surface area contributed by atoms with Crippen molar-refractivity contribution >= 4 is 28.1 Å². The molecule has 0 saturated carbocycles. The summed E-state index contributed by atoms with van der Waals surface area (Å²) >= 11 is 1.64. The predicted molar refractivity (Wildman–Crippen MR) is 90.2 cm³/mol. The molecule has 1 N–H and O–H groups in total. The van der Waals surface area contributed by atoms with Gasteiger partial charge in [0.25, 0.3) is 0 Å². The minimum Gasteiger partial charge on any atom is -0.355 e. The van der Waals surface area contributed by atoms with Gasteiger partial charge < -0.3 is 9.88 Å². The largest absolute Gasteiger partial charge is 0.355 e. The maximum Gasteiger partial charge on any atom is 0.224 e. The van der Waals surface area contributed by atoms with Crippen molar-refractivity contribution in [3.8, 4) is 0 Å². The highest BCUT2D eigenvalue weighted by atomic mass is 32.1. The van der Waals surface area contributed by atoms with Crippen molar-refractivity contribution in [3.05, 3.63) is 52.1 Å². The van der Waals surface area contributed by atoms with Gasteiger partial charge >= 0.3 is 0 Å². The number of carbonyl (C=O) groups is 1. The Kier molecular flexibility index (Phi) is 4.24. The fourth-order valence-electron chi connectivity index (χ4n) is 2.63. The second kappa shape index (κ2) is 6.32. The van der Waals surface area contributed by atoms with Crippen LogP contribution in [0.15, 0.2) is 35.8 Å². The minimum absolute atomic E-state index is 0.0598. The first-order valence-electron chi connectivity index (χ1n) is 7.34. The number of carbonyl (C=O) groups excluding carboxylic acids is 1. The van der Waals surface area contributed by atoms with Crippen LogP contribution in [0.3, 0.4) is 0 Å². The molecule has 4 nitrogen and oxygen atoms in total. The van der Waals surface area contributed by atoms with Gasteiger partial charge in [0.1, 0.15) is 0 Å². The number of nitrogens with one attached hydrogen (secondary N) is 1. The van der Waals surface area contributed by atoms with E-state index >= 15 is 0 Å². The number of hydrogen-bond acceptors (Lipinski definition) is 3. The number of rotatable bonds is 5. The zero-order valence-corrected chi connectivity index (χ0v) is 13.6. The van der Waals surface area contributed by atoms with Crippen molar-refractivity contribution < 1.29 is 4.79 Å². The van der Waals surface area contributed by atoms with E-state index in [2.05, 4.69) is 27.0 Å². The third-order valence-electron chi connectivity index (χ3n) is 3.66. The quantitative estimate of drug-likeness (QED) is 0.787. The Morgan fingerprint density at radius 2 is 2.18 bits per heavy atom. The fourth-order valence-corrected chi connectivity index (χ4v) is 3.40. The molecule has 0 spiro atoms. The van der Waals surface area contributed by atoms with E-state index in [-0.39, 0.29) is 5.91 Å². The Morgan fingerprint density at radius 1 is 1.36 bits per heavy atom. The molecule has 114 valence electrons. The summed E-state index contributed by atoms with van der Waals surface area (Å²) in [5.74, 6) is 0.0598. The topological polar surface area (TPSA) is 46.9 Å². The molecule has 3 rings (SSSR count). The number of hydrogen-bond donors (Lipinski definition) is 1. The summed E-state index contributed by atoms with van der Waals surface area (Å²) in [6.45, 7) is 2.62. The Morgan fingerprint density at radius 3 is 2.95 bits per heavy atom. The molecule has 2 aromatic heterocycles. The number of aromatic nitrogens is 2. The van der Waals surface area contributed by atoms with Gasteiger partial charge in [0, 0.05) is 48.2 Å². The maximum absolute atomic E-state index is 12.1. The number of thiazole rings is 1. The van der Waals surface area contributed by atoms with E-state index < -0.39 is 0 Å². The number of amides is 1. The number of benzene rings is 1. The average molecular weight is 313 g/mol. The van der Waals surface area contributed by atoms with Crippen molar-refractivity contribution in [1.82, 2.24) is 14.9 Å². The average Bonchev–Trinajstić information content (AvgIpc) is 3.04. The van der Waals surface area contributed by atoms with Crippen LogP contribution in [0.25, 0.3) is 10.9 Å². The molecule has 0 fully saturated rings. The van der Waals surface area contributed by atoms with E-state index in [1.54, 1.807) is 11.3 Å². The van der Waals surface area contributed by atoms with Gasteiger partial charge in [0.2, 0.25) is 5.91 Å². The minimum atomic E-state index is 0.0598. The van der Waals surface area contributed by atoms with Gasteiger partial charge in [0.05, 0.1) is 11.4 Å². The van der Waals surface area contributed by atoms with E-state index in [0.717, 1.165) is 33.6 Å². The van der Waals surface area contributed by atoms with Crippen molar-refractivity contribution in [1.29, 1.82) is 0 Å². The number of aryl methyl sites for hydroxylation is 2. The van der Waals surface area contributed by atoms with Crippen molar-refractivity contribution in [2.24, 2.45) is 7.05 Å². The predicted octanol–water partition coefficient (Wildman–Crippen LogP) is 2.84. The van der Waals surface area contributed by atoms with Crippen LogP contribution < -0.4 is 5.32 Å². The second-order valence-corrected chi connectivity index (χ2v) is 6.38. The molecule has 0 atom stereocenters. The van der Waals surface area contributed by atoms with Crippen LogP contribution in [0.5, 0.6) is 0 Å². The molecular weight excluding hydrogens is 294 g/mol. The lowest BCUT2D eigenvalue weighted by Crippen LogP contribution is -2.27. The van der Waals surface area contributed by atoms with Gasteiger partial charge in [-0.05, 0) is 18.6 Å². The summed E-state index contributed by atoms with van der Waals surface area (Å²) in [7, 11) is 2.01. The molecule has 1 amide bonds. The Balaban J connectivity index is 1.59. The first kappa shape index (κ1) is 14.8. The summed E-state index contributed by atoms with van der Waals surface area (Å²) < 4.78 is 2.07. The van der Waals surface area contributed by atoms with E-state index in [9.17, 15) is 4.79 Å². The highest BCUT2D eigenvalue weighted by Gasteiger charge is 2.10. The molecule has 1 aromatic carbocycles. The van der Waals surface area contributed by atoms with E-state index in [0.29, 0.717) is 13.0 Å².